The number of rotatable bonds is 2. The van der Waals surface area contributed by atoms with Crippen molar-refractivity contribution in [2.75, 3.05) is 5.32 Å². The SMILES string of the molecule is CC(C)c1cc2c(s1)N[C@H](c1ccc(Cl)cc1)NC2=O. The van der Waals surface area contributed by atoms with E-state index >= 15 is 0 Å². The van der Waals surface area contributed by atoms with E-state index in [1.807, 2.05) is 30.3 Å². The molecule has 1 amide bonds. The number of carbonyl (C=O) groups is 1. The number of halogens is 1. The van der Waals surface area contributed by atoms with Gasteiger partial charge in [-0.2, -0.15) is 0 Å². The van der Waals surface area contributed by atoms with Gasteiger partial charge in [0.2, 0.25) is 0 Å². The van der Waals surface area contributed by atoms with Gasteiger partial charge >= 0.3 is 0 Å². The first-order valence-corrected chi connectivity index (χ1v) is 7.70. The van der Waals surface area contributed by atoms with Crippen LogP contribution in [0.5, 0.6) is 0 Å². The Morgan fingerprint density at radius 3 is 2.55 bits per heavy atom. The fourth-order valence-electron chi connectivity index (χ4n) is 2.17. The maximum Gasteiger partial charge on any atom is 0.256 e. The Kier molecular flexibility index (Phi) is 3.44. The molecule has 1 aliphatic rings. The number of nitrogens with one attached hydrogen (secondary N) is 2. The number of anilines is 1. The fourth-order valence-corrected chi connectivity index (χ4v) is 3.38. The summed E-state index contributed by atoms with van der Waals surface area (Å²) in [7, 11) is 0. The third-order valence-electron chi connectivity index (χ3n) is 3.32. The largest absolute Gasteiger partial charge is 0.353 e. The fraction of sp³-hybridized carbons (Fsp3) is 0.267. The molecule has 0 saturated heterocycles. The van der Waals surface area contributed by atoms with Crippen molar-refractivity contribution in [1.82, 2.24) is 5.32 Å². The number of thiophene rings is 1. The second-order valence-corrected chi connectivity index (χ2v) is 6.67. The van der Waals surface area contributed by atoms with E-state index in [2.05, 4.69) is 24.5 Å². The van der Waals surface area contributed by atoms with E-state index in [4.69, 9.17) is 11.6 Å². The molecule has 20 heavy (non-hydrogen) atoms. The molecule has 0 fully saturated rings. The Labute approximate surface area is 127 Å². The summed E-state index contributed by atoms with van der Waals surface area (Å²) in [5.41, 5.74) is 1.73. The standard InChI is InChI=1S/C15H15ClN2OS/c1-8(2)12-7-11-14(19)17-13(18-15(11)20-12)9-3-5-10(16)6-4-9/h3-8,13,18H,1-2H3,(H,17,19)/t13-/m1/s1. The van der Waals surface area contributed by atoms with Gasteiger partial charge in [-0.3, -0.25) is 4.79 Å². The molecule has 5 heteroatoms. The van der Waals surface area contributed by atoms with Crippen LogP contribution in [0, 0.1) is 0 Å². The highest BCUT2D eigenvalue weighted by atomic mass is 35.5. The molecule has 2 N–H and O–H groups in total. The second-order valence-electron chi connectivity index (χ2n) is 5.15. The highest BCUT2D eigenvalue weighted by Crippen LogP contribution is 2.37. The molecule has 0 radical (unpaired) electrons. The van der Waals surface area contributed by atoms with Crippen molar-refractivity contribution in [3.05, 3.63) is 51.4 Å². The normalized spacial score (nSPS) is 17.6. The van der Waals surface area contributed by atoms with E-state index in [9.17, 15) is 4.79 Å². The summed E-state index contributed by atoms with van der Waals surface area (Å²) in [6.45, 7) is 4.26. The molecule has 0 unspecified atom stereocenters. The molecule has 2 heterocycles. The molecular formula is C15H15ClN2OS. The minimum absolute atomic E-state index is 0.0261. The van der Waals surface area contributed by atoms with E-state index in [1.54, 1.807) is 11.3 Å². The smallest absolute Gasteiger partial charge is 0.256 e. The predicted octanol–water partition coefficient (Wildman–Crippen LogP) is 4.38. The lowest BCUT2D eigenvalue weighted by molar-refractivity contribution is 0.0936. The molecule has 0 saturated carbocycles. The number of amides is 1. The molecule has 3 nitrogen and oxygen atoms in total. The average molecular weight is 307 g/mol. The van der Waals surface area contributed by atoms with Crippen molar-refractivity contribution in [3.8, 4) is 0 Å². The van der Waals surface area contributed by atoms with E-state index in [1.165, 1.54) is 4.88 Å². The predicted molar refractivity (Wildman–Crippen MR) is 83.7 cm³/mol. The molecule has 0 spiro atoms. The van der Waals surface area contributed by atoms with E-state index in [0.717, 1.165) is 16.1 Å². The molecule has 1 aliphatic heterocycles. The highest BCUT2D eigenvalue weighted by molar-refractivity contribution is 7.16. The van der Waals surface area contributed by atoms with Crippen molar-refractivity contribution in [1.29, 1.82) is 0 Å². The summed E-state index contributed by atoms with van der Waals surface area (Å²) in [5.74, 6) is 0.399. The Morgan fingerprint density at radius 2 is 1.90 bits per heavy atom. The topological polar surface area (TPSA) is 41.1 Å². The lowest BCUT2D eigenvalue weighted by Crippen LogP contribution is -2.37. The van der Waals surface area contributed by atoms with Gasteiger partial charge in [-0.1, -0.05) is 37.6 Å². The van der Waals surface area contributed by atoms with Gasteiger partial charge in [0.25, 0.3) is 5.91 Å². The molecule has 104 valence electrons. The van der Waals surface area contributed by atoms with Crippen molar-refractivity contribution in [2.24, 2.45) is 0 Å². The van der Waals surface area contributed by atoms with Gasteiger partial charge in [0.15, 0.2) is 0 Å². The van der Waals surface area contributed by atoms with Crippen LogP contribution in [0.15, 0.2) is 30.3 Å². The quantitative estimate of drug-likeness (QED) is 0.864. The van der Waals surface area contributed by atoms with Gasteiger partial charge in [0.1, 0.15) is 11.2 Å². The third-order valence-corrected chi connectivity index (χ3v) is 4.94. The van der Waals surface area contributed by atoms with Crippen molar-refractivity contribution in [3.63, 3.8) is 0 Å². The molecule has 0 bridgehead atoms. The minimum atomic E-state index is -0.203. The van der Waals surface area contributed by atoms with Crippen LogP contribution in [0.2, 0.25) is 5.02 Å². The lowest BCUT2D eigenvalue weighted by atomic mass is 10.1. The van der Waals surface area contributed by atoms with E-state index in [-0.39, 0.29) is 12.1 Å². The van der Waals surface area contributed by atoms with Crippen LogP contribution in [-0.2, 0) is 0 Å². The number of carbonyl (C=O) groups excluding carboxylic acids is 1. The van der Waals surface area contributed by atoms with E-state index < -0.39 is 0 Å². The maximum atomic E-state index is 12.2. The Bertz CT molecular complexity index is 648. The highest BCUT2D eigenvalue weighted by Gasteiger charge is 2.27. The van der Waals surface area contributed by atoms with Gasteiger partial charge in [0, 0.05) is 9.90 Å². The van der Waals surface area contributed by atoms with Crippen molar-refractivity contribution >= 4 is 33.8 Å². The zero-order valence-corrected chi connectivity index (χ0v) is 12.8. The first kappa shape index (κ1) is 13.5. The second kappa shape index (κ2) is 5.11. The monoisotopic (exact) mass is 306 g/mol. The maximum absolute atomic E-state index is 12.2. The number of hydrogen-bond acceptors (Lipinski definition) is 3. The Morgan fingerprint density at radius 1 is 1.20 bits per heavy atom. The molecule has 2 aromatic rings. The molecular weight excluding hydrogens is 292 g/mol. The minimum Gasteiger partial charge on any atom is -0.353 e. The van der Waals surface area contributed by atoms with Crippen LogP contribution >= 0.6 is 22.9 Å². The molecule has 1 atom stereocenters. The molecule has 0 aliphatic carbocycles. The summed E-state index contributed by atoms with van der Waals surface area (Å²) in [5, 5.41) is 7.99. The van der Waals surface area contributed by atoms with Gasteiger partial charge in [0.05, 0.1) is 5.56 Å². The summed E-state index contributed by atoms with van der Waals surface area (Å²) < 4.78 is 0. The van der Waals surface area contributed by atoms with E-state index in [0.29, 0.717) is 10.9 Å². The van der Waals surface area contributed by atoms with Crippen LogP contribution in [-0.4, -0.2) is 5.91 Å². The van der Waals surface area contributed by atoms with Gasteiger partial charge in [-0.15, -0.1) is 11.3 Å². The van der Waals surface area contributed by atoms with Crippen LogP contribution in [0.1, 0.15) is 46.7 Å². The van der Waals surface area contributed by atoms with Crippen LogP contribution < -0.4 is 10.6 Å². The summed E-state index contributed by atoms with van der Waals surface area (Å²) >= 11 is 7.54. The molecule has 1 aromatic carbocycles. The first-order valence-electron chi connectivity index (χ1n) is 6.51. The van der Waals surface area contributed by atoms with Crippen LogP contribution in [0.3, 0.4) is 0 Å². The lowest BCUT2D eigenvalue weighted by Gasteiger charge is -2.25. The zero-order chi connectivity index (χ0) is 14.3. The first-order chi connectivity index (χ1) is 9.54. The van der Waals surface area contributed by atoms with Gasteiger partial charge in [-0.05, 0) is 29.7 Å². The number of fused-ring (bicyclic) bond motifs is 1. The zero-order valence-electron chi connectivity index (χ0n) is 11.2. The van der Waals surface area contributed by atoms with Crippen LogP contribution in [0.4, 0.5) is 5.00 Å². The van der Waals surface area contributed by atoms with Crippen LogP contribution in [0.25, 0.3) is 0 Å². The Balaban J connectivity index is 1.92. The summed E-state index contributed by atoms with van der Waals surface area (Å²) in [6, 6.07) is 9.47. The van der Waals surface area contributed by atoms with Crippen molar-refractivity contribution < 1.29 is 4.79 Å². The number of benzene rings is 1. The Hall–Kier alpha value is -1.52. The van der Waals surface area contributed by atoms with Gasteiger partial charge < -0.3 is 10.6 Å². The average Bonchev–Trinajstić information content (AvgIpc) is 2.84. The van der Waals surface area contributed by atoms with Gasteiger partial charge in [-0.25, -0.2) is 0 Å². The number of hydrogen-bond donors (Lipinski definition) is 2. The van der Waals surface area contributed by atoms with Crippen molar-refractivity contribution in [2.45, 2.75) is 25.9 Å². The third kappa shape index (κ3) is 2.41. The summed E-state index contributed by atoms with van der Waals surface area (Å²) in [4.78, 5) is 13.4. The summed E-state index contributed by atoms with van der Waals surface area (Å²) in [6.07, 6.45) is -0.203. The molecule has 1 aromatic heterocycles. The molecule has 3 rings (SSSR count).